The van der Waals surface area contributed by atoms with Gasteiger partial charge in [0.15, 0.2) is 4.77 Å². The molecule has 0 saturated carbocycles. The van der Waals surface area contributed by atoms with Crippen LogP contribution in [0.4, 0.5) is 0 Å². The Hall–Kier alpha value is -2.07. The van der Waals surface area contributed by atoms with E-state index in [4.69, 9.17) is 17.0 Å². The van der Waals surface area contributed by atoms with E-state index in [0.29, 0.717) is 10.7 Å². The van der Waals surface area contributed by atoms with Crippen molar-refractivity contribution in [3.8, 4) is 11.4 Å². The van der Waals surface area contributed by atoms with Crippen molar-refractivity contribution in [3.63, 3.8) is 0 Å². The summed E-state index contributed by atoms with van der Waals surface area (Å²) in [7, 11) is 1.67. The quantitative estimate of drug-likeness (QED) is 0.703. The number of benzene rings is 2. The average molecular weight is 298 g/mol. The fourth-order valence-corrected chi connectivity index (χ4v) is 2.86. The van der Waals surface area contributed by atoms with Gasteiger partial charge in [-0.05, 0) is 48.0 Å². The number of fused-ring (bicyclic) bond motifs is 1. The summed E-state index contributed by atoms with van der Waals surface area (Å²) in [5.74, 6) is 1.29. The second-order valence-electron chi connectivity index (χ2n) is 5.37. The molecule has 1 heterocycles. The van der Waals surface area contributed by atoms with Crippen LogP contribution in [-0.2, 0) is 0 Å². The summed E-state index contributed by atoms with van der Waals surface area (Å²) in [6.07, 6.45) is 0. The lowest BCUT2D eigenvalue weighted by Crippen LogP contribution is -1.96. The summed E-state index contributed by atoms with van der Waals surface area (Å²) < 4.78 is 8.13. The van der Waals surface area contributed by atoms with Crippen LogP contribution in [0.25, 0.3) is 16.7 Å². The number of hydrogen-bond acceptors (Lipinski definition) is 2. The minimum absolute atomic E-state index is 0.485. The van der Waals surface area contributed by atoms with Crippen LogP contribution in [0.1, 0.15) is 25.3 Å². The smallest absolute Gasteiger partial charge is 0.182 e. The van der Waals surface area contributed by atoms with Gasteiger partial charge >= 0.3 is 0 Å². The molecule has 3 nitrogen and oxygen atoms in total. The molecular weight excluding hydrogens is 280 g/mol. The van der Waals surface area contributed by atoms with Crippen molar-refractivity contribution >= 4 is 23.3 Å². The molecule has 0 radical (unpaired) electrons. The molecule has 4 heteroatoms. The molecule has 1 aromatic heterocycles. The Bertz CT molecular complexity index is 845. The number of aromatic nitrogens is 2. The monoisotopic (exact) mass is 298 g/mol. The van der Waals surface area contributed by atoms with Crippen LogP contribution in [0.3, 0.4) is 0 Å². The average Bonchev–Trinajstić information content (AvgIpc) is 2.83. The number of ether oxygens (including phenoxy) is 1. The zero-order valence-electron chi connectivity index (χ0n) is 12.4. The van der Waals surface area contributed by atoms with Crippen molar-refractivity contribution in [1.82, 2.24) is 9.55 Å². The van der Waals surface area contributed by atoms with Crippen molar-refractivity contribution < 1.29 is 4.74 Å². The van der Waals surface area contributed by atoms with E-state index >= 15 is 0 Å². The number of nitrogens with one attached hydrogen (secondary N) is 1. The Kier molecular flexibility index (Phi) is 3.55. The Morgan fingerprint density at radius 3 is 2.62 bits per heavy atom. The van der Waals surface area contributed by atoms with Gasteiger partial charge in [0.1, 0.15) is 11.3 Å². The number of imidazole rings is 1. The van der Waals surface area contributed by atoms with Crippen LogP contribution in [0, 0.1) is 4.77 Å². The molecule has 0 aliphatic rings. The van der Waals surface area contributed by atoms with Crippen LogP contribution in [-0.4, -0.2) is 16.7 Å². The second-order valence-corrected chi connectivity index (χ2v) is 5.76. The maximum Gasteiger partial charge on any atom is 0.182 e. The number of methoxy groups -OCH3 is 1. The lowest BCUT2D eigenvalue weighted by molar-refractivity contribution is 0.419. The molecule has 0 atom stereocenters. The first-order chi connectivity index (χ1) is 10.1. The number of H-pyrrole nitrogens is 1. The van der Waals surface area contributed by atoms with Crippen LogP contribution < -0.4 is 4.74 Å². The summed E-state index contributed by atoms with van der Waals surface area (Å²) in [6.45, 7) is 4.38. The molecule has 0 spiro atoms. The number of nitrogens with zero attached hydrogens (tertiary/aromatic N) is 1. The molecule has 2 aromatic carbocycles. The molecule has 0 amide bonds. The molecule has 0 aliphatic carbocycles. The van der Waals surface area contributed by atoms with E-state index in [-0.39, 0.29) is 0 Å². The van der Waals surface area contributed by atoms with Crippen LogP contribution in [0.2, 0.25) is 0 Å². The number of rotatable bonds is 3. The van der Waals surface area contributed by atoms with Crippen LogP contribution in [0.15, 0.2) is 42.5 Å². The van der Waals surface area contributed by atoms with E-state index in [2.05, 4.69) is 47.7 Å². The van der Waals surface area contributed by atoms with Gasteiger partial charge in [-0.1, -0.05) is 32.0 Å². The number of hydrogen-bond donors (Lipinski definition) is 1. The fourth-order valence-electron chi connectivity index (χ4n) is 2.55. The second kappa shape index (κ2) is 5.37. The summed E-state index contributed by atoms with van der Waals surface area (Å²) in [6, 6.07) is 14.4. The first-order valence-electron chi connectivity index (χ1n) is 7.00. The minimum Gasteiger partial charge on any atom is -0.494 e. The highest BCUT2D eigenvalue weighted by molar-refractivity contribution is 7.71. The van der Waals surface area contributed by atoms with Gasteiger partial charge in [0.05, 0.1) is 12.6 Å². The van der Waals surface area contributed by atoms with Gasteiger partial charge in [0.25, 0.3) is 0 Å². The maximum atomic E-state index is 5.50. The SMILES string of the molecule is COc1cccc2c1[nH]c(=S)n2-c1cccc(C(C)C)c1. The third-order valence-corrected chi connectivity index (χ3v) is 3.98. The third kappa shape index (κ3) is 2.36. The predicted octanol–water partition coefficient (Wildman–Crippen LogP) is 4.82. The standard InChI is InChI=1S/C17H18N2OS/c1-11(2)12-6-4-7-13(10-12)19-14-8-5-9-15(20-3)16(14)18-17(19)21/h4-11H,1-3H3,(H,18,21). The van der Waals surface area contributed by atoms with Crippen LogP contribution in [0.5, 0.6) is 5.75 Å². The molecular formula is C17H18N2OS. The normalized spacial score (nSPS) is 11.2. The molecule has 0 fully saturated rings. The van der Waals surface area contributed by atoms with Gasteiger partial charge in [-0.3, -0.25) is 4.57 Å². The summed E-state index contributed by atoms with van der Waals surface area (Å²) >= 11 is 5.50. The van der Waals surface area contributed by atoms with Gasteiger partial charge < -0.3 is 9.72 Å². The van der Waals surface area contributed by atoms with Gasteiger partial charge in [-0.15, -0.1) is 0 Å². The van der Waals surface area contributed by atoms with E-state index in [9.17, 15) is 0 Å². The summed E-state index contributed by atoms with van der Waals surface area (Å²) in [5.41, 5.74) is 4.33. The highest BCUT2D eigenvalue weighted by atomic mass is 32.1. The molecule has 0 aliphatic heterocycles. The Morgan fingerprint density at radius 2 is 1.90 bits per heavy atom. The molecule has 0 unspecified atom stereocenters. The topological polar surface area (TPSA) is 29.9 Å². The van der Waals surface area contributed by atoms with Crippen molar-refractivity contribution in [1.29, 1.82) is 0 Å². The predicted molar refractivity (Wildman–Crippen MR) is 89.1 cm³/mol. The summed E-state index contributed by atoms with van der Waals surface area (Å²) in [5, 5.41) is 0. The zero-order chi connectivity index (χ0) is 15.0. The Morgan fingerprint density at radius 1 is 1.14 bits per heavy atom. The van der Waals surface area contributed by atoms with Gasteiger partial charge in [-0.25, -0.2) is 0 Å². The lowest BCUT2D eigenvalue weighted by atomic mass is 10.0. The van der Waals surface area contributed by atoms with Crippen molar-refractivity contribution in [2.24, 2.45) is 0 Å². The lowest BCUT2D eigenvalue weighted by Gasteiger charge is -2.10. The van der Waals surface area contributed by atoms with E-state index in [1.165, 1.54) is 5.56 Å². The number of aromatic amines is 1. The molecule has 3 rings (SSSR count). The van der Waals surface area contributed by atoms with Gasteiger partial charge in [0.2, 0.25) is 0 Å². The van der Waals surface area contributed by atoms with Gasteiger partial charge in [-0.2, -0.15) is 0 Å². The largest absolute Gasteiger partial charge is 0.494 e. The molecule has 108 valence electrons. The Balaban J connectivity index is 2.28. The van der Waals surface area contributed by atoms with E-state index in [0.717, 1.165) is 22.5 Å². The number of para-hydroxylation sites is 1. The summed E-state index contributed by atoms with van der Waals surface area (Å²) in [4.78, 5) is 3.25. The highest BCUT2D eigenvalue weighted by Crippen LogP contribution is 2.28. The zero-order valence-corrected chi connectivity index (χ0v) is 13.2. The molecule has 21 heavy (non-hydrogen) atoms. The van der Waals surface area contributed by atoms with Crippen molar-refractivity contribution in [3.05, 3.63) is 52.8 Å². The van der Waals surface area contributed by atoms with E-state index in [1.54, 1.807) is 7.11 Å². The molecule has 1 N–H and O–H groups in total. The van der Waals surface area contributed by atoms with Gasteiger partial charge in [0, 0.05) is 5.69 Å². The minimum atomic E-state index is 0.485. The maximum absolute atomic E-state index is 5.50. The Labute approximate surface area is 129 Å². The van der Waals surface area contributed by atoms with Crippen molar-refractivity contribution in [2.75, 3.05) is 7.11 Å². The third-order valence-electron chi connectivity index (χ3n) is 3.70. The first-order valence-corrected chi connectivity index (χ1v) is 7.40. The molecule has 0 bridgehead atoms. The van der Waals surface area contributed by atoms with E-state index in [1.807, 2.05) is 18.2 Å². The molecule has 0 saturated heterocycles. The first kappa shape index (κ1) is 13.9. The highest BCUT2D eigenvalue weighted by Gasteiger charge is 2.11. The fraction of sp³-hybridized carbons (Fsp3) is 0.235. The van der Waals surface area contributed by atoms with Crippen molar-refractivity contribution in [2.45, 2.75) is 19.8 Å². The van der Waals surface area contributed by atoms with E-state index < -0.39 is 0 Å². The molecule has 3 aromatic rings. The van der Waals surface area contributed by atoms with Crippen LogP contribution >= 0.6 is 12.2 Å².